The van der Waals surface area contributed by atoms with Crippen molar-refractivity contribution in [1.82, 2.24) is 10.6 Å². The maximum absolute atomic E-state index is 11.1. The molecule has 3 N–H and O–H groups in total. The molecule has 0 saturated heterocycles. The summed E-state index contributed by atoms with van der Waals surface area (Å²) in [6.45, 7) is 3.98. The minimum atomic E-state index is -0.432. The van der Waals surface area contributed by atoms with Gasteiger partial charge in [0.2, 0.25) is 5.91 Å². The van der Waals surface area contributed by atoms with E-state index in [1.54, 1.807) is 14.0 Å². The van der Waals surface area contributed by atoms with E-state index in [1.165, 1.54) is 0 Å². The van der Waals surface area contributed by atoms with Crippen molar-refractivity contribution < 1.29 is 9.90 Å². The molecule has 0 aliphatic rings. The Hall–Kier alpha value is -0.610. The number of hydrogen-bond acceptors (Lipinski definition) is 3. The van der Waals surface area contributed by atoms with Crippen LogP contribution in [0.2, 0.25) is 0 Å². The second-order valence-electron chi connectivity index (χ2n) is 2.82. The average Bonchev–Trinajstić information content (AvgIpc) is 2.11. The summed E-state index contributed by atoms with van der Waals surface area (Å²) in [7, 11) is 1.72. The van der Waals surface area contributed by atoms with E-state index in [2.05, 4.69) is 10.6 Å². The lowest BCUT2D eigenvalue weighted by Crippen LogP contribution is -2.43. The van der Waals surface area contributed by atoms with E-state index in [1.807, 2.05) is 6.92 Å². The van der Waals surface area contributed by atoms with Crippen molar-refractivity contribution in [3.8, 4) is 0 Å². The fourth-order valence-electron chi connectivity index (χ4n) is 0.647. The molecule has 2 atom stereocenters. The first-order valence-electron chi connectivity index (χ1n) is 4.24. The molecule has 1 amide bonds. The molecule has 72 valence electrons. The fraction of sp³-hybridized carbons (Fsp3) is 0.875. The van der Waals surface area contributed by atoms with Gasteiger partial charge in [-0.2, -0.15) is 0 Å². The minimum Gasteiger partial charge on any atom is -0.391 e. The molecular weight excluding hydrogens is 156 g/mol. The Kier molecular flexibility index (Phi) is 5.66. The Morgan fingerprint density at radius 2 is 2.17 bits per heavy atom. The fourth-order valence-corrected chi connectivity index (χ4v) is 0.647. The van der Waals surface area contributed by atoms with E-state index in [-0.39, 0.29) is 11.9 Å². The molecule has 4 nitrogen and oxygen atoms in total. The third-order valence-corrected chi connectivity index (χ3v) is 1.81. The molecule has 0 aliphatic heterocycles. The van der Waals surface area contributed by atoms with Crippen LogP contribution in [-0.2, 0) is 4.79 Å². The van der Waals surface area contributed by atoms with Gasteiger partial charge in [-0.15, -0.1) is 0 Å². The van der Waals surface area contributed by atoms with Crippen LogP contribution in [0.25, 0.3) is 0 Å². The summed E-state index contributed by atoms with van der Waals surface area (Å²) in [6, 6.07) is -0.200. The molecule has 0 fully saturated rings. The van der Waals surface area contributed by atoms with Gasteiger partial charge < -0.3 is 15.7 Å². The summed E-state index contributed by atoms with van der Waals surface area (Å²) in [5.41, 5.74) is 0. The first-order valence-corrected chi connectivity index (χ1v) is 4.24. The highest BCUT2D eigenvalue weighted by Gasteiger charge is 2.10. The zero-order chi connectivity index (χ0) is 9.56. The van der Waals surface area contributed by atoms with E-state index < -0.39 is 6.10 Å². The van der Waals surface area contributed by atoms with Crippen LogP contribution < -0.4 is 10.6 Å². The van der Waals surface area contributed by atoms with Gasteiger partial charge in [0.1, 0.15) is 0 Å². The average molecular weight is 174 g/mol. The molecule has 0 aromatic heterocycles. The number of aliphatic hydroxyl groups is 1. The van der Waals surface area contributed by atoms with E-state index >= 15 is 0 Å². The first kappa shape index (κ1) is 11.4. The van der Waals surface area contributed by atoms with Crippen LogP contribution >= 0.6 is 0 Å². The van der Waals surface area contributed by atoms with Gasteiger partial charge in [0.15, 0.2) is 0 Å². The smallest absolute Gasteiger partial charge is 0.236 e. The van der Waals surface area contributed by atoms with Crippen molar-refractivity contribution >= 4 is 5.91 Å². The molecule has 2 unspecified atom stereocenters. The molecule has 0 aliphatic carbocycles. The highest BCUT2D eigenvalue weighted by atomic mass is 16.3. The van der Waals surface area contributed by atoms with Crippen molar-refractivity contribution in [1.29, 1.82) is 0 Å². The number of aliphatic hydroxyl groups excluding tert-OH is 1. The van der Waals surface area contributed by atoms with Crippen LogP contribution in [0, 0.1) is 0 Å². The predicted molar refractivity (Wildman–Crippen MR) is 47.8 cm³/mol. The van der Waals surface area contributed by atoms with Crippen LogP contribution in [0.3, 0.4) is 0 Å². The zero-order valence-electron chi connectivity index (χ0n) is 7.92. The van der Waals surface area contributed by atoms with Gasteiger partial charge in [-0.3, -0.25) is 4.79 Å². The van der Waals surface area contributed by atoms with E-state index in [0.717, 1.165) is 0 Å². The highest BCUT2D eigenvalue weighted by molar-refractivity contribution is 5.81. The van der Waals surface area contributed by atoms with Crippen LogP contribution in [-0.4, -0.2) is 36.8 Å². The minimum absolute atomic E-state index is 0.0787. The van der Waals surface area contributed by atoms with Gasteiger partial charge in [-0.05, 0) is 20.4 Å². The number of nitrogens with one attached hydrogen (secondary N) is 2. The summed E-state index contributed by atoms with van der Waals surface area (Å²) in [5, 5.41) is 14.6. The maximum Gasteiger partial charge on any atom is 0.236 e. The zero-order valence-corrected chi connectivity index (χ0v) is 7.92. The van der Waals surface area contributed by atoms with E-state index in [0.29, 0.717) is 13.0 Å². The lowest BCUT2D eigenvalue weighted by atomic mass is 10.2. The highest BCUT2D eigenvalue weighted by Crippen LogP contribution is 1.87. The molecule has 0 rings (SSSR count). The van der Waals surface area contributed by atoms with Gasteiger partial charge in [0.05, 0.1) is 12.1 Å². The van der Waals surface area contributed by atoms with Crippen molar-refractivity contribution in [3.05, 3.63) is 0 Å². The molecule has 0 aromatic carbocycles. The molecule has 12 heavy (non-hydrogen) atoms. The number of likely N-dealkylation sites (N-methyl/N-ethyl adjacent to an activating group) is 1. The maximum atomic E-state index is 11.1. The lowest BCUT2D eigenvalue weighted by Gasteiger charge is -2.13. The number of carbonyl (C=O) groups excluding carboxylic acids is 1. The Labute approximate surface area is 73.3 Å². The number of rotatable bonds is 5. The van der Waals surface area contributed by atoms with Crippen LogP contribution in [0.5, 0.6) is 0 Å². The number of carbonyl (C=O) groups is 1. The van der Waals surface area contributed by atoms with Crippen LogP contribution in [0.15, 0.2) is 0 Å². The summed E-state index contributed by atoms with van der Waals surface area (Å²) in [5.74, 6) is -0.0787. The lowest BCUT2D eigenvalue weighted by molar-refractivity contribution is -0.123. The molecule has 4 heteroatoms. The van der Waals surface area contributed by atoms with Crippen molar-refractivity contribution in [2.24, 2.45) is 0 Å². The predicted octanol–water partition coefficient (Wildman–Crippen LogP) is -0.519. The molecule has 0 aromatic rings. The summed E-state index contributed by atoms with van der Waals surface area (Å²) in [4.78, 5) is 11.1. The van der Waals surface area contributed by atoms with Gasteiger partial charge in [0.25, 0.3) is 0 Å². The largest absolute Gasteiger partial charge is 0.391 e. The van der Waals surface area contributed by atoms with Crippen molar-refractivity contribution in [2.45, 2.75) is 32.4 Å². The molecule has 0 bridgehead atoms. The van der Waals surface area contributed by atoms with Gasteiger partial charge in [0, 0.05) is 6.54 Å². The van der Waals surface area contributed by atoms with E-state index in [9.17, 15) is 4.79 Å². The summed E-state index contributed by atoms with van der Waals surface area (Å²) in [6.07, 6.45) is 0.229. The summed E-state index contributed by atoms with van der Waals surface area (Å²) >= 11 is 0. The quantitative estimate of drug-likeness (QED) is 0.525. The standard InChI is InChI=1S/C8H18N2O2/c1-4-7(11)5-10-8(12)6(2)9-3/h6-7,9,11H,4-5H2,1-3H3,(H,10,12). The second-order valence-corrected chi connectivity index (χ2v) is 2.82. The van der Waals surface area contributed by atoms with Crippen LogP contribution in [0.4, 0.5) is 0 Å². The van der Waals surface area contributed by atoms with Gasteiger partial charge >= 0.3 is 0 Å². The second kappa shape index (κ2) is 5.97. The van der Waals surface area contributed by atoms with Crippen molar-refractivity contribution in [2.75, 3.05) is 13.6 Å². The normalized spacial score (nSPS) is 15.3. The molecule has 0 radical (unpaired) electrons. The Morgan fingerprint density at radius 3 is 2.58 bits per heavy atom. The van der Waals surface area contributed by atoms with E-state index in [4.69, 9.17) is 5.11 Å². The summed E-state index contributed by atoms with van der Waals surface area (Å²) < 4.78 is 0. The van der Waals surface area contributed by atoms with Gasteiger partial charge in [-0.1, -0.05) is 6.92 Å². The molecular formula is C8H18N2O2. The van der Waals surface area contributed by atoms with Crippen LogP contribution in [0.1, 0.15) is 20.3 Å². The van der Waals surface area contributed by atoms with Crippen molar-refractivity contribution in [3.63, 3.8) is 0 Å². The Morgan fingerprint density at radius 1 is 1.58 bits per heavy atom. The number of hydrogen-bond donors (Lipinski definition) is 3. The number of amides is 1. The molecule has 0 spiro atoms. The third kappa shape index (κ3) is 4.31. The molecule has 0 heterocycles. The van der Waals surface area contributed by atoms with Gasteiger partial charge in [-0.25, -0.2) is 0 Å². The molecule has 0 saturated carbocycles. The Bertz CT molecular complexity index is 139. The topological polar surface area (TPSA) is 61.4 Å². The monoisotopic (exact) mass is 174 g/mol. The third-order valence-electron chi connectivity index (χ3n) is 1.81. The SMILES string of the molecule is CCC(O)CNC(=O)C(C)NC. The first-order chi connectivity index (χ1) is 5.61. The Balaban J connectivity index is 3.56.